The molecule has 0 aromatic heterocycles. The minimum absolute atomic E-state index is 0.00125. The van der Waals surface area contributed by atoms with Crippen LogP contribution in [0.25, 0.3) is 0 Å². The van der Waals surface area contributed by atoms with Crippen LogP contribution in [-0.2, 0) is 17.9 Å². The van der Waals surface area contributed by atoms with E-state index in [2.05, 4.69) is 5.32 Å². The second kappa shape index (κ2) is 7.31. The first-order valence-electron chi connectivity index (χ1n) is 6.41. The molecule has 2 aromatic carbocycles. The lowest BCUT2D eigenvalue weighted by molar-refractivity contribution is -0.123. The average Bonchev–Trinajstić information content (AvgIpc) is 2.52. The summed E-state index contributed by atoms with van der Waals surface area (Å²) < 4.78 is 5.35. The lowest BCUT2D eigenvalue weighted by Gasteiger charge is -2.07. The molecule has 20 heavy (non-hydrogen) atoms. The Morgan fingerprint density at radius 1 is 1.00 bits per heavy atom. The normalized spacial score (nSPS) is 10.1. The molecule has 104 valence electrons. The summed E-state index contributed by atoms with van der Waals surface area (Å²) in [7, 11) is 0. The van der Waals surface area contributed by atoms with E-state index < -0.39 is 0 Å². The number of nitrogens with one attached hydrogen (secondary N) is 1. The molecular formula is C16H17NO3. The molecule has 0 radical (unpaired) electrons. The quantitative estimate of drug-likeness (QED) is 0.843. The molecule has 2 rings (SSSR count). The van der Waals surface area contributed by atoms with Crippen molar-refractivity contribution >= 4 is 5.91 Å². The summed E-state index contributed by atoms with van der Waals surface area (Å²) >= 11 is 0. The zero-order chi connectivity index (χ0) is 14.2. The van der Waals surface area contributed by atoms with Gasteiger partial charge in [-0.1, -0.05) is 42.5 Å². The van der Waals surface area contributed by atoms with Gasteiger partial charge in [0.2, 0.25) is 0 Å². The molecule has 2 N–H and O–H groups in total. The van der Waals surface area contributed by atoms with E-state index in [-0.39, 0.29) is 19.1 Å². The molecule has 0 aliphatic carbocycles. The highest BCUT2D eigenvalue weighted by molar-refractivity contribution is 5.77. The molecular weight excluding hydrogens is 254 g/mol. The van der Waals surface area contributed by atoms with Crippen molar-refractivity contribution in [2.75, 3.05) is 6.61 Å². The predicted molar refractivity (Wildman–Crippen MR) is 76.1 cm³/mol. The summed E-state index contributed by atoms with van der Waals surface area (Å²) in [6.45, 7) is 0.471. The van der Waals surface area contributed by atoms with Crippen LogP contribution in [0, 0.1) is 0 Å². The highest BCUT2D eigenvalue weighted by Crippen LogP contribution is 2.08. The summed E-state index contributed by atoms with van der Waals surface area (Å²) in [5.41, 5.74) is 1.84. The van der Waals surface area contributed by atoms with Crippen LogP contribution in [0.1, 0.15) is 11.1 Å². The van der Waals surface area contributed by atoms with Crippen molar-refractivity contribution in [2.45, 2.75) is 13.2 Å². The number of aliphatic hydroxyl groups excluding tert-OH is 1. The van der Waals surface area contributed by atoms with Crippen molar-refractivity contribution in [3.05, 3.63) is 65.7 Å². The zero-order valence-electron chi connectivity index (χ0n) is 11.1. The van der Waals surface area contributed by atoms with Crippen LogP contribution >= 0.6 is 0 Å². The third kappa shape index (κ3) is 4.40. The summed E-state index contributed by atoms with van der Waals surface area (Å²) in [6.07, 6.45) is 0. The summed E-state index contributed by atoms with van der Waals surface area (Å²) in [5, 5.41) is 11.7. The van der Waals surface area contributed by atoms with Gasteiger partial charge >= 0.3 is 0 Å². The van der Waals surface area contributed by atoms with E-state index in [0.29, 0.717) is 12.3 Å². The van der Waals surface area contributed by atoms with Gasteiger partial charge in [0.1, 0.15) is 5.75 Å². The third-order valence-electron chi connectivity index (χ3n) is 2.81. The van der Waals surface area contributed by atoms with Crippen LogP contribution in [0.5, 0.6) is 5.75 Å². The maximum Gasteiger partial charge on any atom is 0.258 e. The molecule has 0 aliphatic heterocycles. The van der Waals surface area contributed by atoms with Gasteiger partial charge in [-0.15, -0.1) is 0 Å². The van der Waals surface area contributed by atoms with E-state index in [0.717, 1.165) is 11.1 Å². The van der Waals surface area contributed by atoms with E-state index in [1.165, 1.54) is 0 Å². The predicted octanol–water partition coefficient (Wildman–Crippen LogP) is 1.87. The molecule has 0 heterocycles. The molecule has 0 aliphatic rings. The Hall–Kier alpha value is -2.33. The first-order valence-corrected chi connectivity index (χ1v) is 6.41. The zero-order valence-corrected chi connectivity index (χ0v) is 11.1. The second-order valence-corrected chi connectivity index (χ2v) is 4.35. The van der Waals surface area contributed by atoms with Crippen molar-refractivity contribution in [3.63, 3.8) is 0 Å². The molecule has 4 nitrogen and oxygen atoms in total. The molecule has 1 amide bonds. The Morgan fingerprint density at radius 2 is 1.65 bits per heavy atom. The number of rotatable bonds is 6. The van der Waals surface area contributed by atoms with Crippen molar-refractivity contribution in [2.24, 2.45) is 0 Å². The Morgan fingerprint density at radius 3 is 2.30 bits per heavy atom. The first kappa shape index (κ1) is 14.1. The molecule has 0 atom stereocenters. The van der Waals surface area contributed by atoms with E-state index in [1.54, 1.807) is 12.1 Å². The lowest BCUT2D eigenvalue weighted by atomic mass is 10.1. The van der Waals surface area contributed by atoms with Crippen LogP contribution in [0.2, 0.25) is 0 Å². The molecule has 0 bridgehead atoms. The lowest BCUT2D eigenvalue weighted by Crippen LogP contribution is -2.28. The molecule has 0 saturated heterocycles. The highest BCUT2D eigenvalue weighted by Gasteiger charge is 2.02. The largest absolute Gasteiger partial charge is 0.484 e. The Balaban J connectivity index is 1.74. The van der Waals surface area contributed by atoms with E-state index in [1.807, 2.05) is 42.5 Å². The van der Waals surface area contributed by atoms with Crippen molar-refractivity contribution in [1.82, 2.24) is 5.32 Å². The number of aliphatic hydroxyl groups is 1. The standard InChI is InChI=1S/C16H17NO3/c18-11-14-8-6-13(7-9-14)10-17-16(19)12-20-15-4-2-1-3-5-15/h1-9,18H,10-12H2,(H,17,19). The number of hydrogen-bond acceptors (Lipinski definition) is 3. The maximum absolute atomic E-state index is 11.6. The molecule has 0 spiro atoms. The monoisotopic (exact) mass is 271 g/mol. The third-order valence-corrected chi connectivity index (χ3v) is 2.81. The van der Waals surface area contributed by atoms with E-state index in [9.17, 15) is 4.79 Å². The molecule has 0 fully saturated rings. The van der Waals surface area contributed by atoms with Gasteiger partial charge in [0.05, 0.1) is 6.61 Å². The van der Waals surface area contributed by atoms with Crippen LogP contribution < -0.4 is 10.1 Å². The summed E-state index contributed by atoms with van der Waals surface area (Å²) in [6, 6.07) is 16.6. The smallest absolute Gasteiger partial charge is 0.258 e. The fourth-order valence-electron chi connectivity index (χ4n) is 1.68. The molecule has 0 saturated carbocycles. The number of benzene rings is 2. The molecule has 2 aromatic rings. The van der Waals surface area contributed by atoms with Crippen LogP contribution in [0.4, 0.5) is 0 Å². The highest BCUT2D eigenvalue weighted by atomic mass is 16.5. The Labute approximate surface area is 118 Å². The topological polar surface area (TPSA) is 58.6 Å². The summed E-state index contributed by atoms with van der Waals surface area (Å²) in [4.78, 5) is 11.6. The molecule has 0 unspecified atom stereocenters. The Kier molecular flexibility index (Phi) is 5.15. The van der Waals surface area contributed by atoms with Gasteiger partial charge in [0, 0.05) is 6.54 Å². The number of ether oxygens (including phenoxy) is 1. The fraction of sp³-hybridized carbons (Fsp3) is 0.188. The van der Waals surface area contributed by atoms with Crippen LogP contribution in [0.3, 0.4) is 0 Å². The molecule has 4 heteroatoms. The SMILES string of the molecule is O=C(COc1ccccc1)NCc1ccc(CO)cc1. The van der Waals surface area contributed by atoms with Gasteiger partial charge in [-0.05, 0) is 23.3 Å². The number of carbonyl (C=O) groups is 1. The van der Waals surface area contributed by atoms with Crippen molar-refractivity contribution in [1.29, 1.82) is 0 Å². The number of carbonyl (C=O) groups excluding carboxylic acids is 1. The Bertz CT molecular complexity index is 537. The van der Waals surface area contributed by atoms with E-state index in [4.69, 9.17) is 9.84 Å². The number of hydrogen-bond donors (Lipinski definition) is 2. The number of amides is 1. The van der Waals surface area contributed by atoms with Crippen LogP contribution in [0.15, 0.2) is 54.6 Å². The maximum atomic E-state index is 11.6. The van der Waals surface area contributed by atoms with Crippen LogP contribution in [-0.4, -0.2) is 17.6 Å². The van der Waals surface area contributed by atoms with Gasteiger partial charge in [-0.3, -0.25) is 4.79 Å². The number of para-hydroxylation sites is 1. The van der Waals surface area contributed by atoms with E-state index >= 15 is 0 Å². The van der Waals surface area contributed by atoms with Gasteiger partial charge in [0.25, 0.3) is 5.91 Å². The van der Waals surface area contributed by atoms with Gasteiger partial charge < -0.3 is 15.2 Å². The minimum Gasteiger partial charge on any atom is -0.484 e. The van der Waals surface area contributed by atoms with Gasteiger partial charge in [-0.25, -0.2) is 0 Å². The second-order valence-electron chi connectivity index (χ2n) is 4.35. The first-order chi connectivity index (χ1) is 9.78. The fourth-order valence-corrected chi connectivity index (χ4v) is 1.68. The van der Waals surface area contributed by atoms with Gasteiger partial charge in [0.15, 0.2) is 6.61 Å². The van der Waals surface area contributed by atoms with Crippen molar-refractivity contribution in [3.8, 4) is 5.75 Å². The average molecular weight is 271 g/mol. The van der Waals surface area contributed by atoms with Gasteiger partial charge in [-0.2, -0.15) is 0 Å². The minimum atomic E-state index is -0.167. The van der Waals surface area contributed by atoms with Crippen molar-refractivity contribution < 1.29 is 14.6 Å². The summed E-state index contributed by atoms with van der Waals surface area (Å²) in [5.74, 6) is 0.509.